The van der Waals surface area contributed by atoms with E-state index in [1.54, 1.807) is 6.07 Å². The molecule has 80 valence electrons. The zero-order valence-electron chi connectivity index (χ0n) is 8.90. The second-order valence-corrected chi connectivity index (χ2v) is 3.94. The van der Waals surface area contributed by atoms with Crippen LogP contribution in [-0.2, 0) is 6.42 Å². The summed E-state index contributed by atoms with van der Waals surface area (Å²) in [6.07, 6.45) is 0.962. The van der Waals surface area contributed by atoms with Crippen LogP contribution in [0.4, 0.5) is 0 Å². The highest BCUT2D eigenvalue weighted by Gasteiger charge is 2.16. The molecule has 3 heterocycles. The lowest BCUT2D eigenvalue weighted by atomic mass is 10.1. The van der Waals surface area contributed by atoms with Crippen LogP contribution in [-0.4, -0.2) is 15.5 Å². The molecule has 0 amide bonds. The molecule has 0 saturated heterocycles. The van der Waals surface area contributed by atoms with Gasteiger partial charge < -0.3 is 9.51 Å². The summed E-state index contributed by atoms with van der Waals surface area (Å²) < 4.78 is 2.02. The van der Waals surface area contributed by atoms with Crippen LogP contribution in [0.15, 0.2) is 30.3 Å². The van der Waals surface area contributed by atoms with Crippen LogP contribution in [0.3, 0.4) is 0 Å². The molecule has 3 rings (SSSR count). The van der Waals surface area contributed by atoms with Crippen molar-refractivity contribution < 1.29 is 9.90 Å². The van der Waals surface area contributed by atoms with Crippen molar-refractivity contribution in [3.8, 4) is 0 Å². The van der Waals surface area contributed by atoms with E-state index in [9.17, 15) is 4.79 Å². The molecule has 3 heteroatoms. The van der Waals surface area contributed by atoms with Gasteiger partial charge in [0.1, 0.15) is 0 Å². The molecule has 3 aromatic heterocycles. The van der Waals surface area contributed by atoms with Crippen molar-refractivity contribution in [3.05, 3.63) is 41.5 Å². The lowest BCUT2D eigenvalue weighted by Crippen LogP contribution is -1.95. The van der Waals surface area contributed by atoms with E-state index >= 15 is 0 Å². The predicted octanol–water partition coefficient (Wildman–Crippen LogP) is 2.79. The van der Waals surface area contributed by atoms with Gasteiger partial charge in [0, 0.05) is 11.0 Å². The molecule has 0 spiro atoms. The lowest BCUT2D eigenvalue weighted by Gasteiger charge is -1.99. The lowest BCUT2D eigenvalue weighted by molar-refractivity contribution is 0.0699. The fourth-order valence-corrected chi connectivity index (χ4v) is 2.35. The van der Waals surface area contributed by atoms with Crippen molar-refractivity contribution in [2.24, 2.45) is 0 Å². The monoisotopic (exact) mass is 213 g/mol. The highest BCUT2D eigenvalue weighted by Crippen LogP contribution is 2.27. The quantitative estimate of drug-likeness (QED) is 0.711. The number of carbonyl (C=O) groups is 1. The molecule has 0 aromatic carbocycles. The fourth-order valence-electron chi connectivity index (χ4n) is 2.35. The van der Waals surface area contributed by atoms with Gasteiger partial charge in [-0.2, -0.15) is 0 Å². The standard InChI is InChI=1S/C13H11NO2/c1-2-8-6-9-7-10(13(15)16)12-5-3-4-11(8)14(9)12/h3-7H,2H2,1H3,(H,15,16). The summed E-state index contributed by atoms with van der Waals surface area (Å²) in [6.45, 7) is 2.11. The first-order chi connectivity index (χ1) is 7.72. The first-order valence-corrected chi connectivity index (χ1v) is 5.31. The van der Waals surface area contributed by atoms with Crippen molar-refractivity contribution >= 4 is 22.5 Å². The smallest absolute Gasteiger partial charge is 0.337 e. The van der Waals surface area contributed by atoms with E-state index in [2.05, 4.69) is 13.0 Å². The molecule has 3 aromatic rings. The van der Waals surface area contributed by atoms with Crippen molar-refractivity contribution in [3.63, 3.8) is 0 Å². The van der Waals surface area contributed by atoms with Crippen molar-refractivity contribution in [1.29, 1.82) is 0 Å². The van der Waals surface area contributed by atoms with Crippen molar-refractivity contribution in [1.82, 2.24) is 4.40 Å². The first kappa shape index (κ1) is 9.21. The van der Waals surface area contributed by atoms with Crippen LogP contribution in [0.2, 0.25) is 0 Å². The second kappa shape index (κ2) is 2.98. The van der Waals surface area contributed by atoms with Crippen LogP contribution >= 0.6 is 0 Å². The van der Waals surface area contributed by atoms with Crippen LogP contribution in [0.1, 0.15) is 22.8 Å². The van der Waals surface area contributed by atoms with E-state index < -0.39 is 5.97 Å². The highest BCUT2D eigenvalue weighted by atomic mass is 16.4. The molecule has 0 fully saturated rings. The van der Waals surface area contributed by atoms with Gasteiger partial charge in [-0.1, -0.05) is 13.0 Å². The number of aromatic carboxylic acids is 1. The van der Waals surface area contributed by atoms with Crippen LogP contribution in [0, 0.1) is 0 Å². The number of nitrogens with zero attached hydrogens (tertiary/aromatic N) is 1. The predicted molar refractivity (Wildman–Crippen MR) is 62.4 cm³/mol. The molecule has 0 unspecified atom stereocenters. The van der Waals surface area contributed by atoms with Gasteiger partial charge in [0.15, 0.2) is 0 Å². The number of carboxylic acids is 1. The van der Waals surface area contributed by atoms with E-state index in [-0.39, 0.29) is 0 Å². The van der Waals surface area contributed by atoms with E-state index in [1.807, 2.05) is 22.6 Å². The molecule has 3 nitrogen and oxygen atoms in total. The second-order valence-electron chi connectivity index (χ2n) is 3.94. The van der Waals surface area contributed by atoms with Gasteiger partial charge in [0.2, 0.25) is 0 Å². The van der Waals surface area contributed by atoms with Gasteiger partial charge >= 0.3 is 5.97 Å². The van der Waals surface area contributed by atoms with Gasteiger partial charge in [-0.3, -0.25) is 0 Å². The Hall–Kier alpha value is -2.03. The molecule has 1 N–H and O–H groups in total. The van der Waals surface area contributed by atoms with E-state index in [0.29, 0.717) is 5.56 Å². The number of aryl methyl sites for hydroxylation is 1. The Morgan fingerprint density at radius 2 is 2.06 bits per heavy atom. The maximum atomic E-state index is 11.1. The molecule has 0 aliphatic carbocycles. The molecular weight excluding hydrogens is 202 g/mol. The molecule has 0 aliphatic heterocycles. The number of rotatable bonds is 2. The Balaban J connectivity index is 2.50. The Kier molecular flexibility index (Phi) is 1.72. The van der Waals surface area contributed by atoms with Gasteiger partial charge in [0.05, 0.1) is 11.1 Å². The summed E-state index contributed by atoms with van der Waals surface area (Å²) >= 11 is 0. The number of pyridine rings is 1. The first-order valence-electron chi connectivity index (χ1n) is 5.31. The summed E-state index contributed by atoms with van der Waals surface area (Å²) in [6, 6.07) is 9.60. The summed E-state index contributed by atoms with van der Waals surface area (Å²) in [7, 11) is 0. The van der Waals surface area contributed by atoms with Gasteiger partial charge in [-0.25, -0.2) is 4.79 Å². The molecule has 0 saturated carbocycles. The van der Waals surface area contributed by atoms with E-state index in [1.165, 1.54) is 5.56 Å². The average molecular weight is 213 g/mol. The van der Waals surface area contributed by atoms with Crippen molar-refractivity contribution in [2.45, 2.75) is 13.3 Å². The zero-order valence-corrected chi connectivity index (χ0v) is 8.90. The fraction of sp³-hybridized carbons (Fsp3) is 0.154. The Labute approximate surface area is 92.3 Å². The topological polar surface area (TPSA) is 41.7 Å². The zero-order chi connectivity index (χ0) is 11.3. The number of carboxylic acid groups (broad SMARTS) is 1. The third-order valence-electron chi connectivity index (χ3n) is 3.08. The molecule has 0 atom stereocenters. The minimum atomic E-state index is -0.866. The minimum Gasteiger partial charge on any atom is -0.478 e. The molecule has 0 bridgehead atoms. The van der Waals surface area contributed by atoms with Gasteiger partial charge in [-0.15, -0.1) is 0 Å². The Bertz CT molecular complexity index is 681. The normalized spacial score (nSPS) is 11.6. The summed E-state index contributed by atoms with van der Waals surface area (Å²) in [5.41, 5.74) is 4.50. The Morgan fingerprint density at radius 1 is 1.31 bits per heavy atom. The molecule has 0 aliphatic rings. The molecular formula is C13H11NO2. The third-order valence-corrected chi connectivity index (χ3v) is 3.08. The van der Waals surface area contributed by atoms with Gasteiger partial charge in [0.25, 0.3) is 0 Å². The van der Waals surface area contributed by atoms with Gasteiger partial charge in [-0.05, 0) is 36.2 Å². The minimum absolute atomic E-state index is 0.378. The van der Waals surface area contributed by atoms with E-state index in [4.69, 9.17) is 5.11 Å². The molecule has 0 radical (unpaired) electrons. The number of aromatic nitrogens is 1. The third kappa shape index (κ3) is 0.999. The highest BCUT2D eigenvalue weighted by molar-refractivity contribution is 6.00. The average Bonchev–Trinajstić information content (AvgIpc) is 2.81. The maximum Gasteiger partial charge on any atom is 0.337 e. The number of hydrogen-bond acceptors (Lipinski definition) is 1. The van der Waals surface area contributed by atoms with Crippen molar-refractivity contribution in [2.75, 3.05) is 0 Å². The van der Waals surface area contributed by atoms with E-state index in [0.717, 1.165) is 23.0 Å². The summed E-state index contributed by atoms with van der Waals surface area (Å²) in [4.78, 5) is 11.1. The summed E-state index contributed by atoms with van der Waals surface area (Å²) in [5, 5.41) is 9.10. The molecule has 16 heavy (non-hydrogen) atoms. The van der Waals surface area contributed by atoms with Crippen LogP contribution < -0.4 is 0 Å². The maximum absolute atomic E-state index is 11.1. The van der Waals surface area contributed by atoms with Crippen LogP contribution in [0.25, 0.3) is 16.6 Å². The SMILES string of the molecule is CCc1cc2cc(C(=O)O)c3cccc1n23. The van der Waals surface area contributed by atoms with Crippen LogP contribution in [0.5, 0.6) is 0 Å². The Morgan fingerprint density at radius 3 is 2.75 bits per heavy atom. The summed E-state index contributed by atoms with van der Waals surface area (Å²) in [5.74, 6) is -0.866. The number of hydrogen-bond donors (Lipinski definition) is 1. The largest absolute Gasteiger partial charge is 0.478 e.